The van der Waals surface area contributed by atoms with Gasteiger partial charge < -0.3 is 15.2 Å². The molecule has 3 aromatic rings. The fraction of sp³-hybridized carbons (Fsp3) is 0.214. The van der Waals surface area contributed by atoms with Crippen LogP contribution >= 0.6 is 11.6 Å². The summed E-state index contributed by atoms with van der Waals surface area (Å²) >= 11 is 5.85. The van der Waals surface area contributed by atoms with Crippen LogP contribution < -0.4 is 5.73 Å². The lowest BCUT2D eigenvalue weighted by molar-refractivity contribution is 0.350. The van der Waals surface area contributed by atoms with Crippen LogP contribution in [0.1, 0.15) is 29.0 Å². The first kappa shape index (κ1) is 13.8. The average molecular weight is 304 g/mol. The molecule has 0 aliphatic heterocycles. The van der Waals surface area contributed by atoms with Gasteiger partial charge in [-0.25, -0.2) is 4.98 Å². The molecule has 0 fully saturated rings. The Labute approximate surface area is 126 Å². The van der Waals surface area contributed by atoms with Crippen LogP contribution in [0.3, 0.4) is 0 Å². The number of hydrogen-bond donors (Lipinski definition) is 2. The Morgan fingerprint density at radius 2 is 2.10 bits per heavy atom. The Balaban J connectivity index is 1.66. The van der Waals surface area contributed by atoms with E-state index in [1.807, 2.05) is 24.3 Å². The molecule has 0 saturated heterocycles. The highest BCUT2D eigenvalue weighted by Gasteiger charge is 2.16. The molecule has 1 atom stereocenters. The van der Waals surface area contributed by atoms with Crippen molar-refractivity contribution in [2.24, 2.45) is 5.73 Å². The lowest BCUT2D eigenvalue weighted by Gasteiger charge is -2.03. The number of imidazole rings is 1. The zero-order valence-corrected chi connectivity index (χ0v) is 11.9. The van der Waals surface area contributed by atoms with Gasteiger partial charge in [0.05, 0.1) is 12.4 Å². The van der Waals surface area contributed by atoms with Crippen LogP contribution in [0, 0.1) is 0 Å². The lowest BCUT2D eigenvalue weighted by atomic mass is 10.1. The van der Waals surface area contributed by atoms with Gasteiger partial charge in [0.1, 0.15) is 0 Å². The molecule has 0 saturated carbocycles. The number of aromatic amines is 1. The van der Waals surface area contributed by atoms with E-state index in [0.29, 0.717) is 29.6 Å². The number of nitrogens with one attached hydrogen (secondary N) is 1. The third kappa shape index (κ3) is 3.48. The van der Waals surface area contributed by atoms with Crippen molar-refractivity contribution in [3.8, 4) is 0 Å². The van der Waals surface area contributed by atoms with Crippen molar-refractivity contribution in [1.82, 2.24) is 20.1 Å². The van der Waals surface area contributed by atoms with Crippen molar-refractivity contribution < 1.29 is 4.52 Å². The van der Waals surface area contributed by atoms with Crippen molar-refractivity contribution in [3.05, 3.63) is 64.8 Å². The molecule has 6 nitrogen and oxygen atoms in total. The maximum atomic E-state index is 6.05. The second kappa shape index (κ2) is 6.07. The summed E-state index contributed by atoms with van der Waals surface area (Å²) in [7, 11) is 0. The Kier molecular flexibility index (Phi) is 3.98. The van der Waals surface area contributed by atoms with E-state index in [-0.39, 0.29) is 6.04 Å². The lowest BCUT2D eigenvalue weighted by Crippen LogP contribution is -2.14. The molecule has 108 valence electrons. The molecule has 0 amide bonds. The van der Waals surface area contributed by atoms with Crippen LogP contribution in [0.2, 0.25) is 5.02 Å². The van der Waals surface area contributed by atoms with Gasteiger partial charge >= 0.3 is 0 Å². The second-order valence-corrected chi connectivity index (χ2v) is 5.18. The van der Waals surface area contributed by atoms with Crippen molar-refractivity contribution in [1.29, 1.82) is 0 Å². The van der Waals surface area contributed by atoms with Gasteiger partial charge in [0, 0.05) is 29.8 Å². The van der Waals surface area contributed by atoms with E-state index in [1.54, 1.807) is 12.5 Å². The SMILES string of the molecule is N[C@H](Cc1cnc[nH]1)c1nc(Cc2ccc(Cl)cc2)no1. The average Bonchev–Trinajstić information content (AvgIpc) is 3.13. The molecule has 0 bridgehead atoms. The monoisotopic (exact) mass is 303 g/mol. The van der Waals surface area contributed by atoms with E-state index in [9.17, 15) is 0 Å². The standard InChI is InChI=1S/C14H14ClN5O/c15-10-3-1-9(2-4-10)5-13-19-14(21-20-13)12(16)6-11-7-17-8-18-11/h1-4,7-8,12H,5-6,16H2,(H,17,18)/t12-/m1/s1. The molecular formula is C14H14ClN5O. The first-order valence-corrected chi connectivity index (χ1v) is 6.88. The Bertz CT molecular complexity index is 692. The van der Waals surface area contributed by atoms with Gasteiger partial charge in [0.15, 0.2) is 5.82 Å². The van der Waals surface area contributed by atoms with E-state index in [0.717, 1.165) is 11.3 Å². The largest absolute Gasteiger partial charge is 0.348 e. The number of halogens is 1. The van der Waals surface area contributed by atoms with Crippen molar-refractivity contribution in [2.45, 2.75) is 18.9 Å². The Morgan fingerprint density at radius 3 is 2.81 bits per heavy atom. The molecule has 3 rings (SSSR count). The fourth-order valence-electron chi connectivity index (χ4n) is 2.00. The van der Waals surface area contributed by atoms with E-state index in [1.165, 1.54) is 0 Å². The highest BCUT2D eigenvalue weighted by Crippen LogP contribution is 2.15. The predicted octanol–water partition coefficient (Wildman–Crippen LogP) is 2.28. The van der Waals surface area contributed by atoms with Crippen LogP contribution in [-0.4, -0.2) is 20.1 Å². The van der Waals surface area contributed by atoms with Gasteiger partial charge in [-0.1, -0.05) is 28.9 Å². The molecule has 7 heteroatoms. The summed E-state index contributed by atoms with van der Waals surface area (Å²) in [4.78, 5) is 11.3. The summed E-state index contributed by atoms with van der Waals surface area (Å²) in [6.45, 7) is 0. The van der Waals surface area contributed by atoms with Gasteiger partial charge in [-0.05, 0) is 17.7 Å². The number of rotatable bonds is 5. The van der Waals surface area contributed by atoms with Gasteiger partial charge in [-0.3, -0.25) is 0 Å². The van der Waals surface area contributed by atoms with E-state index >= 15 is 0 Å². The molecule has 2 aromatic heterocycles. The zero-order chi connectivity index (χ0) is 14.7. The third-order valence-corrected chi connectivity index (χ3v) is 3.32. The maximum absolute atomic E-state index is 6.05. The summed E-state index contributed by atoms with van der Waals surface area (Å²) in [6, 6.07) is 7.19. The van der Waals surface area contributed by atoms with Gasteiger partial charge in [-0.15, -0.1) is 0 Å². The molecule has 0 unspecified atom stereocenters. The minimum atomic E-state index is -0.350. The van der Waals surface area contributed by atoms with E-state index in [2.05, 4.69) is 20.1 Å². The third-order valence-electron chi connectivity index (χ3n) is 3.07. The quantitative estimate of drug-likeness (QED) is 0.754. The van der Waals surface area contributed by atoms with Crippen molar-refractivity contribution in [3.63, 3.8) is 0 Å². The van der Waals surface area contributed by atoms with Crippen LogP contribution in [0.5, 0.6) is 0 Å². The Morgan fingerprint density at radius 1 is 1.29 bits per heavy atom. The molecule has 1 aromatic carbocycles. The molecule has 0 spiro atoms. The second-order valence-electron chi connectivity index (χ2n) is 4.74. The first-order valence-electron chi connectivity index (χ1n) is 6.50. The summed E-state index contributed by atoms with van der Waals surface area (Å²) in [5, 5.41) is 4.66. The summed E-state index contributed by atoms with van der Waals surface area (Å²) < 4.78 is 5.22. The minimum absolute atomic E-state index is 0.350. The molecule has 0 aliphatic carbocycles. The molecule has 0 aliphatic rings. The highest BCUT2D eigenvalue weighted by molar-refractivity contribution is 6.30. The molecule has 21 heavy (non-hydrogen) atoms. The van der Waals surface area contributed by atoms with Crippen LogP contribution in [-0.2, 0) is 12.8 Å². The highest BCUT2D eigenvalue weighted by atomic mass is 35.5. The topological polar surface area (TPSA) is 93.6 Å². The fourth-order valence-corrected chi connectivity index (χ4v) is 2.12. The zero-order valence-electron chi connectivity index (χ0n) is 11.2. The molecule has 3 N–H and O–H groups in total. The van der Waals surface area contributed by atoms with Crippen molar-refractivity contribution >= 4 is 11.6 Å². The Hall–Kier alpha value is -2.18. The molecule has 0 radical (unpaired) electrons. The summed E-state index contributed by atoms with van der Waals surface area (Å²) in [5.74, 6) is 1.03. The predicted molar refractivity (Wildman–Crippen MR) is 77.8 cm³/mol. The molecular weight excluding hydrogens is 290 g/mol. The molecule has 2 heterocycles. The smallest absolute Gasteiger partial charge is 0.243 e. The van der Waals surface area contributed by atoms with Gasteiger partial charge in [0.2, 0.25) is 5.89 Å². The summed E-state index contributed by atoms with van der Waals surface area (Å²) in [5.41, 5.74) is 8.05. The number of hydrogen-bond acceptors (Lipinski definition) is 5. The van der Waals surface area contributed by atoms with Gasteiger partial charge in [0.25, 0.3) is 0 Å². The van der Waals surface area contributed by atoms with E-state index in [4.69, 9.17) is 21.9 Å². The summed E-state index contributed by atoms with van der Waals surface area (Å²) in [6.07, 6.45) is 4.49. The number of H-pyrrole nitrogens is 1. The number of nitrogens with two attached hydrogens (primary N) is 1. The van der Waals surface area contributed by atoms with Crippen molar-refractivity contribution in [2.75, 3.05) is 0 Å². The maximum Gasteiger partial charge on any atom is 0.243 e. The number of benzene rings is 1. The van der Waals surface area contributed by atoms with E-state index < -0.39 is 0 Å². The number of aromatic nitrogens is 4. The normalized spacial score (nSPS) is 12.5. The van der Waals surface area contributed by atoms with Crippen LogP contribution in [0.25, 0.3) is 0 Å². The first-order chi connectivity index (χ1) is 10.2. The van der Waals surface area contributed by atoms with Crippen LogP contribution in [0.15, 0.2) is 41.3 Å². The van der Waals surface area contributed by atoms with Crippen LogP contribution in [0.4, 0.5) is 0 Å². The minimum Gasteiger partial charge on any atom is -0.348 e. The van der Waals surface area contributed by atoms with Gasteiger partial charge in [-0.2, -0.15) is 4.98 Å². The number of nitrogens with zero attached hydrogens (tertiary/aromatic N) is 3.